The van der Waals surface area contributed by atoms with Gasteiger partial charge in [0.1, 0.15) is 0 Å². The fourth-order valence-electron chi connectivity index (χ4n) is 1.57. The van der Waals surface area contributed by atoms with E-state index in [1.54, 1.807) is 6.07 Å². The third kappa shape index (κ3) is 4.76. The normalized spacial score (nSPS) is 11.4. The van der Waals surface area contributed by atoms with Crippen LogP contribution in [0.25, 0.3) is 0 Å². The molecule has 0 saturated carbocycles. The predicted molar refractivity (Wildman–Crippen MR) is 77.0 cm³/mol. The van der Waals surface area contributed by atoms with E-state index in [1.165, 1.54) is 0 Å². The van der Waals surface area contributed by atoms with E-state index in [0.29, 0.717) is 12.0 Å². The molecular weight excluding hydrogens is 238 g/mol. The lowest BCUT2D eigenvalue weighted by atomic mass is 10.0. The van der Waals surface area contributed by atoms with Crippen molar-refractivity contribution in [3.8, 4) is 11.8 Å². The van der Waals surface area contributed by atoms with E-state index in [4.69, 9.17) is 5.11 Å². The summed E-state index contributed by atoms with van der Waals surface area (Å²) in [6.45, 7) is 6.03. The van der Waals surface area contributed by atoms with E-state index in [1.807, 2.05) is 32.9 Å². The topological polar surface area (TPSA) is 49.3 Å². The lowest BCUT2D eigenvalue weighted by molar-refractivity contribution is 0.0939. The standard InChI is InChI=1S/C16H21NO2/c1-4-13(3)17-16(19)15-9-8-14(12(2)11-15)7-5-6-10-18/h8-9,11,13,18H,4,6,10H2,1-3H3,(H,17,19). The number of carbonyl (C=O) groups excluding carboxylic acids is 1. The molecule has 102 valence electrons. The first-order chi connectivity index (χ1) is 9.08. The molecule has 2 N–H and O–H groups in total. The van der Waals surface area contributed by atoms with Crippen LogP contribution in [0.3, 0.4) is 0 Å². The summed E-state index contributed by atoms with van der Waals surface area (Å²) < 4.78 is 0. The van der Waals surface area contributed by atoms with Gasteiger partial charge < -0.3 is 10.4 Å². The van der Waals surface area contributed by atoms with E-state index < -0.39 is 0 Å². The van der Waals surface area contributed by atoms with Crippen LogP contribution < -0.4 is 5.32 Å². The second kappa shape index (κ2) is 7.60. The lowest BCUT2D eigenvalue weighted by Crippen LogP contribution is -2.31. The molecule has 0 bridgehead atoms. The zero-order chi connectivity index (χ0) is 14.3. The highest BCUT2D eigenvalue weighted by molar-refractivity contribution is 5.94. The van der Waals surface area contributed by atoms with Gasteiger partial charge in [0, 0.05) is 23.6 Å². The van der Waals surface area contributed by atoms with Crippen LogP contribution in [-0.4, -0.2) is 23.7 Å². The quantitative estimate of drug-likeness (QED) is 0.815. The molecule has 0 aromatic heterocycles. The van der Waals surface area contributed by atoms with E-state index in [2.05, 4.69) is 17.2 Å². The monoisotopic (exact) mass is 259 g/mol. The van der Waals surface area contributed by atoms with Crippen LogP contribution in [0.4, 0.5) is 0 Å². The van der Waals surface area contributed by atoms with Crippen molar-refractivity contribution >= 4 is 5.91 Å². The van der Waals surface area contributed by atoms with Gasteiger partial charge in [-0.2, -0.15) is 0 Å². The highest BCUT2D eigenvalue weighted by Gasteiger charge is 2.09. The highest BCUT2D eigenvalue weighted by Crippen LogP contribution is 2.10. The van der Waals surface area contributed by atoms with Gasteiger partial charge in [0.05, 0.1) is 6.61 Å². The summed E-state index contributed by atoms with van der Waals surface area (Å²) >= 11 is 0. The smallest absolute Gasteiger partial charge is 0.251 e. The Morgan fingerprint density at radius 1 is 1.47 bits per heavy atom. The molecule has 0 saturated heterocycles. The second-order valence-corrected chi connectivity index (χ2v) is 4.59. The van der Waals surface area contributed by atoms with Crippen LogP contribution in [0.5, 0.6) is 0 Å². The number of rotatable bonds is 4. The molecule has 0 aliphatic heterocycles. The maximum atomic E-state index is 12.0. The molecule has 19 heavy (non-hydrogen) atoms. The maximum absolute atomic E-state index is 12.0. The fraction of sp³-hybridized carbons (Fsp3) is 0.438. The maximum Gasteiger partial charge on any atom is 0.251 e. The molecular formula is C16H21NO2. The minimum absolute atomic E-state index is 0.0488. The van der Waals surface area contributed by atoms with Crippen molar-refractivity contribution in [2.45, 2.75) is 39.7 Å². The first-order valence-corrected chi connectivity index (χ1v) is 6.59. The Morgan fingerprint density at radius 2 is 2.21 bits per heavy atom. The second-order valence-electron chi connectivity index (χ2n) is 4.59. The van der Waals surface area contributed by atoms with Gasteiger partial charge in [-0.05, 0) is 44.0 Å². The van der Waals surface area contributed by atoms with Crippen molar-refractivity contribution in [3.63, 3.8) is 0 Å². The molecule has 0 spiro atoms. The molecule has 0 heterocycles. The van der Waals surface area contributed by atoms with Crippen LogP contribution >= 0.6 is 0 Å². The summed E-state index contributed by atoms with van der Waals surface area (Å²) in [7, 11) is 0. The van der Waals surface area contributed by atoms with Crippen LogP contribution in [0, 0.1) is 18.8 Å². The number of amides is 1. The molecule has 0 radical (unpaired) electrons. The number of aliphatic hydroxyl groups is 1. The van der Waals surface area contributed by atoms with Gasteiger partial charge in [-0.25, -0.2) is 0 Å². The minimum atomic E-state index is -0.0488. The van der Waals surface area contributed by atoms with E-state index in [-0.39, 0.29) is 18.6 Å². The van der Waals surface area contributed by atoms with Crippen molar-refractivity contribution in [1.29, 1.82) is 0 Å². The Hall–Kier alpha value is -1.79. The van der Waals surface area contributed by atoms with Gasteiger partial charge in [0.2, 0.25) is 0 Å². The van der Waals surface area contributed by atoms with Crippen LogP contribution in [0.1, 0.15) is 48.2 Å². The molecule has 3 heteroatoms. The Balaban J connectivity index is 2.82. The van der Waals surface area contributed by atoms with Crippen molar-refractivity contribution in [2.24, 2.45) is 0 Å². The van der Waals surface area contributed by atoms with Gasteiger partial charge in [0.15, 0.2) is 0 Å². The van der Waals surface area contributed by atoms with Gasteiger partial charge >= 0.3 is 0 Å². The summed E-state index contributed by atoms with van der Waals surface area (Å²) in [5.41, 5.74) is 2.53. The highest BCUT2D eigenvalue weighted by atomic mass is 16.2. The Bertz CT molecular complexity index is 497. The number of hydrogen-bond donors (Lipinski definition) is 2. The number of hydrogen-bond acceptors (Lipinski definition) is 2. The molecule has 1 aromatic carbocycles. The third-order valence-electron chi connectivity index (χ3n) is 2.94. The zero-order valence-electron chi connectivity index (χ0n) is 11.8. The van der Waals surface area contributed by atoms with E-state index in [9.17, 15) is 4.79 Å². The fourth-order valence-corrected chi connectivity index (χ4v) is 1.57. The molecule has 0 fully saturated rings. The molecule has 1 atom stereocenters. The van der Waals surface area contributed by atoms with Gasteiger partial charge in [-0.3, -0.25) is 4.79 Å². The van der Waals surface area contributed by atoms with Crippen LogP contribution in [0.15, 0.2) is 18.2 Å². The molecule has 1 aromatic rings. The average molecular weight is 259 g/mol. The summed E-state index contributed by atoms with van der Waals surface area (Å²) in [6, 6.07) is 5.66. The average Bonchev–Trinajstić information content (AvgIpc) is 2.40. The van der Waals surface area contributed by atoms with Crippen LogP contribution in [-0.2, 0) is 0 Å². The summed E-state index contributed by atoms with van der Waals surface area (Å²) in [5, 5.41) is 11.6. The van der Waals surface area contributed by atoms with Crippen molar-refractivity contribution in [3.05, 3.63) is 34.9 Å². The Labute approximate surface area is 115 Å². The number of nitrogens with one attached hydrogen (secondary N) is 1. The first kappa shape index (κ1) is 15.3. The lowest BCUT2D eigenvalue weighted by Gasteiger charge is -2.12. The van der Waals surface area contributed by atoms with Gasteiger partial charge in [0.25, 0.3) is 5.91 Å². The van der Waals surface area contributed by atoms with Crippen molar-refractivity contribution in [1.82, 2.24) is 5.32 Å². The number of benzene rings is 1. The number of aryl methyl sites for hydroxylation is 1. The van der Waals surface area contributed by atoms with Crippen LogP contribution in [0.2, 0.25) is 0 Å². The van der Waals surface area contributed by atoms with E-state index in [0.717, 1.165) is 17.5 Å². The van der Waals surface area contributed by atoms with Crippen molar-refractivity contribution < 1.29 is 9.90 Å². The first-order valence-electron chi connectivity index (χ1n) is 6.59. The molecule has 0 aliphatic rings. The molecule has 1 unspecified atom stereocenters. The summed E-state index contributed by atoms with van der Waals surface area (Å²) in [4.78, 5) is 12.0. The molecule has 3 nitrogen and oxygen atoms in total. The van der Waals surface area contributed by atoms with Crippen molar-refractivity contribution in [2.75, 3.05) is 6.61 Å². The van der Waals surface area contributed by atoms with E-state index >= 15 is 0 Å². The zero-order valence-corrected chi connectivity index (χ0v) is 11.8. The Kier molecular flexibility index (Phi) is 6.11. The van der Waals surface area contributed by atoms with Gasteiger partial charge in [-0.15, -0.1) is 0 Å². The van der Waals surface area contributed by atoms with Gasteiger partial charge in [-0.1, -0.05) is 18.8 Å². The SMILES string of the molecule is CCC(C)NC(=O)c1ccc(C#CCCO)c(C)c1. The number of carbonyl (C=O) groups is 1. The molecule has 1 amide bonds. The third-order valence-corrected chi connectivity index (χ3v) is 2.94. The predicted octanol–water partition coefficient (Wildman–Crippen LogP) is 2.26. The molecule has 1 rings (SSSR count). The summed E-state index contributed by atoms with van der Waals surface area (Å²) in [5.74, 6) is 5.82. The minimum Gasteiger partial charge on any atom is -0.395 e. The Morgan fingerprint density at radius 3 is 2.79 bits per heavy atom. The largest absolute Gasteiger partial charge is 0.395 e. The molecule has 0 aliphatic carbocycles. The summed E-state index contributed by atoms with van der Waals surface area (Å²) in [6.07, 6.45) is 1.38. The number of aliphatic hydroxyl groups excluding tert-OH is 1.